The summed E-state index contributed by atoms with van der Waals surface area (Å²) in [6, 6.07) is 0.199. The molecule has 6 heteroatoms. The van der Waals surface area contributed by atoms with E-state index in [0.717, 1.165) is 26.2 Å². The van der Waals surface area contributed by atoms with Gasteiger partial charge in [-0.25, -0.2) is 4.79 Å². The summed E-state index contributed by atoms with van der Waals surface area (Å²) in [5, 5.41) is 2.39. The summed E-state index contributed by atoms with van der Waals surface area (Å²) in [6.07, 6.45) is 1.41. The second-order valence-corrected chi connectivity index (χ2v) is 3.48. The zero-order chi connectivity index (χ0) is 12.0. The predicted octanol–water partition coefficient (Wildman–Crippen LogP) is -0.0917. The molecule has 0 spiro atoms. The molecule has 2 heterocycles. The number of amides is 3. The number of nitrogens with zero attached hydrogens (tertiary/aromatic N) is 3. The highest BCUT2D eigenvalue weighted by Gasteiger charge is 2.24. The molecule has 0 saturated carbocycles. The van der Waals surface area contributed by atoms with Gasteiger partial charge in [0.05, 0.1) is 6.34 Å². The van der Waals surface area contributed by atoms with Crippen LogP contribution in [0.5, 0.6) is 0 Å². The lowest BCUT2D eigenvalue weighted by atomic mass is 10.6. The van der Waals surface area contributed by atoms with Gasteiger partial charge >= 0.3 is 6.03 Å². The molecular formula is C10H18N4O2. The number of likely N-dealkylation sites (N-methyl/N-ethyl adjacent to an activating group) is 2. The van der Waals surface area contributed by atoms with Gasteiger partial charge in [-0.3, -0.25) is 9.79 Å². The number of carbonyl (C=O) groups excluding carboxylic acids is 2. The Bertz CT molecular complexity index is 267. The zero-order valence-electron chi connectivity index (χ0n) is 9.77. The average molecular weight is 226 g/mol. The van der Waals surface area contributed by atoms with Gasteiger partial charge in [0.15, 0.2) is 0 Å². The largest absolute Gasteiger partial charge is 0.323 e. The predicted molar refractivity (Wildman–Crippen MR) is 61.4 cm³/mol. The fourth-order valence-corrected chi connectivity index (χ4v) is 1.51. The molecule has 0 aromatic carbocycles. The highest BCUT2D eigenvalue weighted by molar-refractivity contribution is 5.93. The minimum absolute atomic E-state index is 0.0185. The molecule has 2 aliphatic rings. The van der Waals surface area contributed by atoms with Crippen molar-refractivity contribution in [1.29, 1.82) is 0 Å². The number of urea groups is 1. The molecule has 0 bridgehead atoms. The maximum atomic E-state index is 11.2. The van der Waals surface area contributed by atoms with Gasteiger partial charge in [-0.05, 0) is 13.8 Å². The van der Waals surface area contributed by atoms with Crippen molar-refractivity contribution < 1.29 is 9.59 Å². The van der Waals surface area contributed by atoms with E-state index in [-0.39, 0.29) is 11.9 Å². The first-order valence-electron chi connectivity index (χ1n) is 5.50. The van der Waals surface area contributed by atoms with Crippen LogP contribution in [0.2, 0.25) is 0 Å². The molecule has 0 unspecified atom stereocenters. The molecule has 16 heavy (non-hydrogen) atoms. The average Bonchev–Trinajstić information content (AvgIpc) is 2.88. The molecule has 0 aromatic rings. The van der Waals surface area contributed by atoms with Crippen LogP contribution in [-0.4, -0.2) is 60.8 Å². The maximum absolute atomic E-state index is 11.2. The van der Waals surface area contributed by atoms with Crippen molar-refractivity contribution in [3.63, 3.8) is 0 Å². The van der Waals surface area contributed by atoms with Crippen LogP contribution in [0.1, 0.15) is 13.8 Å². The quantitative estimate of drug-likeness (QED) is 0.715. The number of aliphatic imine (C=N–C) groups is 1. The van der Waals surface area contributed by atoms with E-state index < -0.39 is 0 Å². The van der Waals surface area contributed by atoms with Crippen LogP contribution in [-0.2, 0) is 4.79 Å². The monoisotopic (exact) mass is 226 g/mol. The maximum Gasteiger partial charge on any atom is 0.320 e. The molecule has 3 amide bonds. The van der Waals surface area contributed by atoms with Crippen LogP contribution in [0.4, 0.5) is 4.79 Å². The van der Waals surface area contributed by atoms with Crippen molar-refractivity contribution in [3.05, 3.63) is 0 Å². The summed E-state index contributed by atoms with van der Waals surface area (Å²) in [5.41, 5.74) is 0. The first-order valence-corrected chi connectivity index (χ1v) is 5.50. The van der Waals surface area contributed by atoms with Gasteiger partial charge < -0.3 is 15.1 Å². The standard InChI is InChI=1S/C7H14N2O.C3H4N2O/c1-3-8-5-6-9(4-2)7(8)10;6-3-1-4-2-5-3/h3-6H2,1-2H3;2H,1H2,(H,4,5,6). The first kappa shape index (κ1) is 12.5. The van der Waals surface area contributed by atoms with Gasteiger partial charge in [0.1, 0.15) is 6.54 Å². The van der Waals surface area contributed by atoms with Crippen molar-refractivity contribution >= 4 is 18.3 Å². The van der Waals surface area contributed by atoms with Gasteiger partial charge in [0, 0.05) is 26.2 Å². The molecule has 2 rings (SSSR count). The SMILES string of the molecule is CCN1CCN(CC)C1=O.O=C1CN=CN1. The topological polar surface area (TPSA) is 65.0 Å². The van der Waals surface area contributed by atoms with Gasteiger partial charge in [0.2, 0.25) is 5.91 Å². The van der Waals surface area contributed by atoms with E-state index >= 15 is 0 Å². The van der Waals surface area contributed by atoms with Gasteiger partial charge in [-0.15, -0.1) is 0 Å². The van der Waals surface area contributed by atoms with E-state index in [9.17, 15) is 9.59 Å². The Kier molecular flexibility index (Phi) is 4.75. The lowest BCUT2D eigenvalue weighted by Gasteiger charge is -2.14. The minimum Gasteiger partial charge on any atom is -0.323 e. The zero-order valence-corrected chi connectivity index (χ0v) is 9.77. The molecule has 0 radical (unpaired) electrons. The Morgan fingerprint density at radius 3 is 2.00 bits per heavy atom. The molecule has 90 valence electrons. The molecule has 2 aliphatic heterocycles. The number of rotatable bonds is 2. The lowest BCUT2D eigenvalue weighted by Crippen LogP contribution is -2.31. The highest BCUT2D eigenvalue weighted by atomic mass is 16.2. The van der Waals surface area contributed by atoms with Gasteiger partial charge in [-0.1, -0.05) is 0 Å². The number of nitrogens with one attached hydrogen (secondary N) is 1. The minimum atomic E-state index is -0.0185. The number of hydrogen-bond donors (Lipinski definition) is 1. The van der Waals surface area contributed by atoms with Crippen LogP contribution in [0, 0.1) is 0 Å². The smallest absolute Gasteiger partial charge is 0.320 e. The Morgan fingerprint density at radius 1 is 1.25 bits per heavy atom. The van der Waals surface area contributed by atoms with Crippen molar-refractivity contribution in [2.45, 2.75) is 13.8 Å². The number of hydrogen-bond acceptors (Lipinski definition) is 3. The molecule has 0 atom stereocenters. The van der Waals surface area contributed by atoms with E-state index in [1.165, 1.54) is 6.34 Å². The van der Waals surface area contributed by atoms with Crippen molar-refractivity contribution in [2.75, 3.05) is 32.7 Å². The van der Waals surface area contributed by atoms with Crippen molar-refractivity contribution in [3.8, 4) is 0 Å². The summed E-state index contributed by atoms with van der Waals surface area (Å²) >= 11 is 0. The van der Waals surface area contributed by atoms with Gasteiger partial charge in [0.25, 0.3) is 0 Å². The molecule has 1 saturated heterocycles. The van der Waals surface area contributed by atoms with Crippen LogP contribution < -0.4 is 5.32 Å². The molecule has 1 fully saturated rings. The third-order valence-corrected chi connectivity index (χ3v) is 2.50. The van der Waals surface area contributed by atoms with E-state index in [2.05, 4.69) is 10.3 Å². The Morgan fingerprint density at radius 2 is 1.81 bits per heavy atom. The molecule has 0 aromatic heterocycles. The molecule has 1 N–H and O–H groups in total. The first-order chi connectivity index (χ1) is 7.69. The van der Waals surface area contributed by atoms with E-state index in [1.54, 1.807) is 0 Å². The third-order valence-electron chi connectivity index (χ3n) is 2.50. The lowest BCUT2D eigenvalue weighted by molar-refractivity contribution is -0.117. The molecule has 0 aliphatic carbocycles. The van der Waals surface area contributed by atoms with E-state index in [1.807, 2.05) is 23.6 Å². The summed E-state index contributed by atoms with van der Waals surface area (Å²) in [7, 11) is 0. The highest BCUT2D eigenvalue weighted by Crippen LogP contribution is 2.06. The van der Waals surface area contributed by atoms with Gasteiger partial charge in [-0.2, -0.15) is 0 Å². The fourth-order valence-electron chi connectivity index (χ4n) is 1.51. The van der Waals surface area contributed by atoms with Crippen LogP contribution in [0.3, 0.4) is 0 Å². The van der Waals surface area contributed by atoms with Crippen LogP contribution in [0.15, 0.2) is 4.99 Å². The second-order valence-electron chi connectivity index (χ2n) is 3.48. The Balaban J connectivity index is 0.000000181. The third kappa shape index (κ3) is 3.22. The second kappa shape index (κ2) is 6.09. The number of carbonyl (C=O) groups is 2. The summed E-state index contributed by atoms with van der Waals surface area (Å²) in [4.78, 5) is 28.5. The van der Waals surface area contributed by atoms with Crippen molar-refractivity contribution in [1.82, 2.24) is 15.1 Å². The normalized spacial score (nSPS) is 18.6. The van der Waals surface area contributed by atoms with Crippen molar-refractivity contribution in [2.24, 2.45) is 4.99 Å². The van der Waals surface area contributed by atoms with E-state index in [0.29, 0.717) is 6.54 Å². The van der Waals surface area contributed by atoms with Crippen LogP contribution in [0.25, 0.3) is 0 Å². The summed E-state index contributed by atoms with van der Waals surface area (Å²) in [5.74, 6) is -0.0185. The molecular weight excluding hydrogens is 208 g/mol. The Labute approximate surface area is 95.3 Å². The summed E-state index contributed by atoms with van der Waals surface area (Å²) < 4.78 is 0. The van der Waals surface area contributed by atoms with E-state index in [4.69, 9.17) is 0 Å². The van der Waals surface area contributed by atoms with Crippen LogP contribution >= 0.6 is 0 Å². The fraction of sp³-hybridized carbons (Fsp3) is 0.700. The Hall–Kier alpha value is -1.59. The molecule has 6 nitrogen and oxygen atoms in total. The summed E-state index contributed by atoms with van der Waals surface area (Å²) in [6.45, 7) is 7.82.